The monoisotopic (exact) mass is 1830 g/mol. The molecule has 44 atom stereocenters. The van der Waals surface area contributed by atoms with E-state index in [1.807, 2.05) is 24.3 Å². The predicted molar refractivity (Wildman–Crippen MR) is 423 cm³/mol. The van der Waals surface area contributed by atoms with Gasteiger partial charge in [-0.3, -0.25) is 24.0 Å². The molecule has 12 bridgehead atoms. The zero-order chi connectivity index (χ0) is 89.3. The summed E-state index contributed by atoms with van der Waals surface area (Å²) in [5.41, 5.74) is 0. The van der Waals surface area contributed by atoms with Crippen molar-refractivity contribution >= 4 is 59.7 Å². The van der Waals surface area contributed by atoms with E-state index in [2.05, 4.69) is 36.5 Å². The Kier molecular flexibility index (Phi) is 20.5. The first-order chi connectivity index (χ1) is 63.0. The van der Waals surface area contributed by atoms with E-state index in [0.29, 0.717) is 48.3 Å². The molecule has 2 spiro atoms. The lowest BCUT2D eigenvalue weighted by Gasteiger charge is -2.36. The quantitative estimate of drug-likeness (QED) is 0.112. The minimum atomic E-state index is -1.09. The number of carbonyl (C=O) groups is 10. The minimum Gasteiger partial charge on any atom is -0.454 e. The van der Waals surface area contributed by atoms with Crippen LogP contribution in [0.3, 0.4) is 0 Å². The first-order valence-electron chi connectivity index (χ1n) is 47.8. The van der Waals surface area contributed by atoms with E-state index in [4.69, 9.17) is 128 Å². The van der Waals surface area contributed by atoms with Gasteiger partial charge in [-0.1, -0.05) is 73.6 Å². The van der Waals surface area contributed by atoms with Crippen molar-refractivity contribution in [2.45, 2.75) is 370 Å². The summed E-state index contributed by atoms with van der Waals surface area (Å²) in [6.45, 7) is 10.7. The summed E-state index contributed by atoms with van der Waals surface area (Å²) in [6, 6.07) is 0. The number of ether oxygens (including phenoxy) is 27. The Morgan fingerprint density at radius 1 is 0.275 bits per heavy atom. The van der Waals surface area contributed by atoms with Crippen molar-refractivity contribution in [3.05, 3.63) is 60.8 Å². The molecule has 131 heavy (non-hydrogen) atoms. The zero-order valence-corrected chi connectivity index (χ0v) is 73.2. The molecule has 17 saturated heterocycles. The Hall–Kier alpha value is -7.28. The van der Waals surface area contributed by atoms with Crippen LogP contribution in [0.4, 0.5) is 0 Å². The van der Waals surface area contributed by atoms with E-state index < -0.39 is 224 Å². The van der Waals surface area contributed by atoms with Crippen LogP contribution in [0.5, 0.6) is 0 Å². The van der Waals surface area contributed by atoms with Crippen LogP contribution in [0.1, 0.15) is 164 Å². The molecule has 0 N–H and O–H groups in total. The van der Waals surface area contributed by atoms with Gasteiger partial charge in [-0.2, -0.15) is 0 Å². The SMILES string of the molecule is CC1(C)OC2OC3C(OC(=O)C4CC5C=CC4C5)C(=O)OC3C2O1.CC1(C)OC2OC3C(OC(=O)C4CC5C=CC4O5)C(=O)OC3C2O1.CC1(C)OC2OC3C(OC(=O)C4CC5CC4C4C6C=CC(C6)C54)C(=O)OC3C2O1.O=C(OC1C(=O)OC2C3OC4(CCCCC4)OC3OC12)C1CC2C=CC1C2.O=C(OC1C(=O)OC2C3OC4(CCCCC4)OC3OC12)C1CC2C=CC1O2. The topological polar surface area (TPSA) is 420 Å². The number of esters is 10. The van der Waals surface area contributed by atoms with E-state index in [1.54, 1.807) is 41.5 Å². The molecule has 10 aliphatic carbocycles. The van der Waals surface area contributed by atoms with Crippen molar-refractivity contribution in [2.24, 2.45) is 88.8 Å². The normalized spacial score (nSPS) is 51.0. The zero-order valence-electron chi connectivity index (χ0n) is 73.2. The lowest BCUT2D eigenvalue weighted by Crippen LogP contribution is -2.41. The lowest BCUT2D eigenvalue weighted by atomic mass is 9.69. The van der Waals surface area contributed by atoms with E-state index in [9.17, 15) is 47.9 Å². The van der Waals surface area contributed by atoms with Crippen molar-refractivity contribution < 1.29 is 176 Å². The number of hydrogen-bond donors (Lipinski definition) is 0. The fourth-order valence-electron chi connectivity index (χ4n) is 27.5. The smallest absolute Gasteiger partial charge is 0.350 e. The summed E-state index contributed by atoms with van der Waals surface area (Å²) in [5.74, 6) is -4.30. The molecule has 19 heterocycles. The number of hydrogen-bond acceptors (Lipinski definition) is 37. The Labute approximate surface area is 752 Å². The molecule has 44 unspecified atom stereocenters. The van der Waals surface area contributed by atoms with E-state index in [1.165, 1.54) is 19.3 Å². The van der Waals surface area contributed by atoms with Gasteiger partial charge >= 0.3 is 59.7 Å². The number of rotatable bonds is 10. The number of allylic oxidation sites excluding steroid dienone is 6. The van der Waals surface area contributed by atoms with E-state index in [-0.39, 0.29) is 83.7 Å². The Bertz CT molecular complexity index is 4600. The fourth-order valence-corrected chi connectivity index (χ4v) is 27.5. The molecule has 19 aliphatic heterocycles. The van der Waals surface area contributed by atoms with Gasteiger partial charge in [-0.05, 0) is 184 Å². The van der Waals surface area contributed by atoms with Crippen molar-refractivity contribution in [3.63, 3.8) is 0 Å². The molecule has 0 aromatic carbocycles. The molecule has 24 fully saturated rings. The highest BCUT2D eigenvalue weighted by Crippen LogP contribution is 2.68. The van der Waals surface area contributed by atoms with Crippen LogP contribution in [-0.2, 0) is 176 Å². The molecular formula is C94H110O37. The van der Waals surface area contributed by atoms with Crippen molar-refractivity contribution in [1.29, 1.82) is 0 Å². The highest BCUT2D eigenvalue weighted by molar-refractivity contribution is 5.87. The summed E-state index contributed by atoms with van der Waals surface area (Å²) in [7, 11) is 0. The molecule has 37 heteroatoms. The molecule has 29 aliphatic rings. The highest BCUT2D eigenvalue weighted by atomic mass is 16.9. The minimum absolute atomic E-state index is 0.0357. The molecule has 708 valence electrons. The second-order valence-corrected chi connectivity index (χ2v) is 42.4. The van der Waals surface area contributed by atoms with Gasteiger partial charge in [0.1, 0.15) is 30.5 Å². The molecule has 0 aromatic rings. The first kappa shape index (κ1) is 85.4. The Morgan fingerprint density at radius 2 is 0.595 bits per heavy atom. The van der Waals surface area contributed by atoms with Gasteiger partial charge < -0.3 is 128 Å². The van der Waals surface area contributed by atoms with Crippen LogP contribution in [0, 0.1) is 88.8 Å². The third kappa shape index (κ3) is 14.5. The summed E-state index contributed by atoms with van der Waals surface area (Å²) in [5, 5.41) is 0. The Balaban J connectivity index is 0.0000000883. The molecular weight excluding hydrogens is 1720 g/mol. The molecule has 0 amide bonds. The molecule has 0 radical (unpaired) electrons. The van der Waals surface area contributed by atoms with Crippen molar-refractivity contribution in [1.82, 2.24) is 0 Å². The maximum absolute atomic E-state index is 13.1. The first-order valence-corrected chi connectivity index (χ1v) is 47.8. The van der Waals surface area contributed by atoms with Gasteiger partial charge in [0.2, 0.25) is 30.5 Å². The van der Waals surface area contributed by atoms with Crippen LogP contribution in [-0.4, -0.2) is 267 Å². The lowest BCUT2D eigenvalue weighted by molar-refractivity contribution is -0.246. The summed E-state index contributed by atoms with van der Waals surface area (Å²) in [4.78, 5) is 125. The number of fused-ring (bicyclic) bond motifs is 32. The van der Waals surface area contributed by atoms with Gasteiger partial charge in [0.25, 0.3) is 0 Å². The van der Waals surface area contributed by atoms with E-state index >= 15 is 0 Å². The van der Waals surface area contributed by atoms with Crippen LogP contribution >= 0.6 is 0 Å². The van der Waals surface area contributed by atoms with Crippen molar-refractivity contribution in [2.75, 3.05) is 0 Å². The largest absolute Gasteiger partial charge is 0.454 e. The van der Waals surface area contributed by atoms with E-state index in [0.717, 1.165) is 102 Å². The molecule has 0 aromatic heterocycles. The summed E-state index contributed by atoms with van der Waals surface area (Å²) >= 11 is 0. The van der Waals surface area contributed by atoms with Gasteiger partial charge in [-0.25, -0.2) is 24.0 Å². The summed E-state index contributed by atoms with van der Waals surface area (Å²) < 4.78 is 154. The fraction of sp³-hybridized carbons (Fsp3) is 0.787. The standard InChI is InChI=1S/C22H26O7.C20H24O7.C19H22O8.C17H20O7.C16H18O8/c1-22(2)28-18-16-15(27-21(18)29-22)17(20(24)25-16)26-19(23)12-7-10-6-11(12)14-9-4-3-8(5-9)13(10)14;21-17(12-9-10-4-5-11(12)8-10)24-15-13-14(23-18(15)22)16-19(25-13)27-20(26-16)6-2-1-3-7-20;20-16(10-8-9-4-5-11(10)22-9)24-14-12-13(23-17(14)21)15-18(25-12)27-19(26-15)6-2-1-3-7-19;1-17(2)23-13-11-10(22-16(13)24-17)12(15(19)20-11)21-14(18)9-6-7-3-4-8(9)5-7;1-16(2)23-12-10-9(22-15(12)24-16)11(14(18)20-10)21-13(17)7-5-6-3-4-8(7)19-6/h3-4,8-18,21H,5-7H2,1-2H3;4-5,10-16,19H,1-3,6-9H2;4-5,9-15,18H,1-3,6-8H2;3-4,7-13,16H,5-6H2,1-2H3;3-4,6-12,15H,5H2,1-2H3. The van der Waals surface area contributed by atoms with Gasteiger partial charge in [0.05, 0.1) is 54.0 Å². The second-order valence-electron chi connectivity index (χ2n) is 42.4. The van der Waals surface area contributed by atoms with Crippen LogP contribution in [0.15, 0.2) is 60.8 Å². The number of carbonyl (C=O) groups excluding carboxylic acids is 10. The van der Waals surface area contributed by atoms with Crippen LogP contribution in [0.25, 0.3) is 0 Å². The van der Waals surface area contributed by atoms with Gasteiger partial charge in [0.15, 0.2) is 121 Å². The highest BCUT2D eigenvalue weighted by Gasteiger charge is 2.73. The predicted octanol–water partition coefficient (Wildman–Crippen LogP) is 5.55. The Morgan fingerprint density at radius 3 is 0.916 bits per heavy atom. The third-order valence-electron chi connectivity index (χ3n) is 33.0. The molecule has 7 saturated carbocycles. The maximum atomic E-state index is 13.1. The van der Waals surface area contributed by atoms with Gasteiger partial charge in [-0.15, -0.1) is 0 Å². The van der Waals surface area contributed by atoms with Crippen LogP contribution < -0.4 is 0 Å². The maximum Gasteiger partial charge on any atom is 0.350 e. The third-order valence-corrected chi connectivity index (χ3v) is 33.0. The second kappa shape index (κ2) is 31.4. The molecule has 37 nitrogen and oxygen atoms in total. The summed E-state index contributed by atoms with van der Waals surface area (Å²) in [6.07, 6.45) is 21.3. The van der Waals surface area contributed by atoms with Crippen LogP contribution in [0.2, 0.25) is 0 Å². The average Bonchev–Trinajstić information content (AvgIpc) is 1.56. The molecule has 29 rings (SSSR count). The average molecular weight is 1830 g/mol. The van der Waals surface area contributed by atoms with Crippen molar-refractivity contribution in [3.8, 4) is 0 Å². The van der Waals surface area contributed by atoms with Gasteiger partial charge in [0, 0.05) is 25.7 Å².